The molecule has 1 atom stereocenters. The third-order valence-electron chi connectivity index (χ3n) is 3.69. The van der Waals surface area contributed by atoms with Gasteiger partial charge in [-0.15, -0.1) is 0 Å². The molecule has 0 amide bonds. The predicted octanol–water partition coefficient (Wildman–Crippen LogP) is 3.46. The predicted molar refractivity (Wildman–Crippen MR) is 67.7 cm³/mol. The molecule has 3 nitrogen and oxygen atoms in total. The smallest absolute Gasteiger partial charge is 0.203 e. The summed E-state index contributed by atoms with van der Waals surface area (Å²) in [5.41, 5.74) is 0. The number of anilines is 1. The lowest BCUT2D eigenvalue weighted by atomic mass is 10.1. The van der Waals surface area contributed by atoms with Crippen LogP contribution in [0.1, 0.15) is 52.0 Å². The number of aromatic nitrogens is 2. The molecule has 1 aliphatic carbocycles. The molecule has 0 spiro atoms. The second-order valence-electron chi connectivity index (χ2n) is 4.99. The normalized spacial score (nSPS) is 18.9. The topological polar surface area (TPSA) is 29.9 Å². The van der Waals surface area contributed by atoms with Gasteiger partial charge in [-0.05, 0) is 18.8 Å². The van der Waals surface area contributed by atoms with E-state index in [4.69, 9.17) is 0 Å². The van der Waals surface area contributed by atoms with E-state index in [0.717, 1.165) is 12.5 Å². The molecule has 16 heavy (non-hydrogen) atoms. The van der Waals surface area contributed by atoms with Crippen LogP contribution < -0.4 is 5.32 Å². The molecule has 0 aliphatic heterocycles. The van der Waals surface area contributed by atoms with E-state index in [1.54, 1.807) is 0 Å². The Labute approximate surface area is 98.3 Å². The second-order valence-corrected chi connectivity index (χ2v) is 4.99. The molecule has 0 aromatic carbocycles. The molecule has 1 N–H and O–H groups in total. The molecule has 0 saturated heterocycles. The Kier molecular flexibility index (Phi) is 3.86. The molecule has 2 rings (SSSR count). The Morgan fingerprint density at radius 1 is 1.50 bits per heavy atom. The number of nitrogens with zero attached hydrogens (tertiary/aromatic N) is 2. The van der Waals surface area contributed by atoms with Crippen molar-refractivity contribution in [1.29, 1.82) is 0 Å². The molecule has 1 aliphatic rings. The molecular formula is C13H23N3. The molecule has 90 valence electrons. The summed E-state index contributed by atoms with van der Waals surface area (Å²) in [6.07, 6.45) is 10.6. The zero-order chi connectivity index (χ0) is 11.4. The summed E-state index contributed by atoms with van der Waals surface area (Å²) in [6, 6.07) is 0.682. The van der Waals surface area contributed by atoms with E-state index in [1.165, 1.54) is 32.1 Å². The van der Waals surface area contributed by atoms with Gasteiger partial charge in [0.2, 0.25) is 5.95 Å². The van der Waals surface area contributed by atoms with Crippen molar-refractivity contribution in [3.8, 4) is 0 Å². The van der Waals surface area contributed by atoms with E-state index in [9.17, 15) is 0 Å². The first-order valence-electron chi connectivity index (χ1n) is 6.58. The third-order valence-corrected chi connectivity index (χ3v) is 3.69. The lowest BCUT2D eigenvalue weighted by Gasteiger charge is -2.17. The van der Waals surface area contributed by atoms with Crippen LogP contribution >= 0.6 is 0 Å². The van der Waals surface area contributed by atoms with E-state index in [0.29, 0.717) is 12.0 Å². The van der Waals surface area contributed by atoms with Crippen LogP contribution in [0.15, 0.2) is 12.4 Å². The van der Waals surface area contributed by atoms with Gasteiger partial charge in [0.05, 0.1) is 0 Å². The van der Waals surface area contributed by atoms with Gasteiger partial charge in [-0.3, -0.25) is 0 Å². The third kappa shape index (κ3) is 2.57. The Bertz CT molecular complexity index is 313. The molecule has 1 unspecified atom stereocenters. The van der Waals surface area contributed by atoms with E-state index in [2.05, 4.69) is 34.9 Å². The Morgan fingerprint density at radius 3 is 2.94 bits per heavy atom. The maximum absolute atomic E-state index is 4.42. The highest BCUT2D eigenvalue weighted by atomic mass is 15.2. The summed E-state index contributed by atoms with van der Waals surface area (Å²) < 4.78 is 2.33. The van der Waals surface area contributed by atoms with Gasteiger partial charge in [-0.2, -0.15) is 0 Å². The van der Waals surface area contributed by atoms with Crippen LogP contribution in [0, 0.1) is 5.92 Å². The van der Waals surface area contributed by atoms with Gasteiger partial charge < -0.3 is 9.88 Å². The first kappa shape index (κ1) is 11.5. The highest BCUT2D eigenvalue weighted by Crippen LogP contribution is 2.31. The molecule has 1 aromatic heterocycles. The van der Waals surface area contributed by atoms with Gasteiger partial charge in [0, 0.05) is 25.0 Å². The van der Waals surface area contributed by atoms with Crippen LogP contribution in [-0.4, -0.2) is 16.1 Å². The van der Waals surface area contributed by atoms with E-state index in [-0.39, 0.29) is 0 Å². The van der Waals surface area contributed by atoms with Crippen LogP contribution in [-0.2, 0) is 0 Å². The Hall–Kier alpha value is -0.990. The fourth-order valence-electron chi connectivity index (χ4n) is 2.34. The van der Waals surface area contributed by atoms with Crippen molar-refractivity contribution in [2.45, 2.75) is 52.0 Å². The van der Waals surface area contributed by atoms with E-state index in [1.807, 2.05) is 6.20 Å². The Balaban J connectivity index is 1.95. The largest absolute Gasteiger partial charge is 0.355 e. The van der Waals surface area contributed by atoms with Crippen LogP contribution in [0.3, 0.4) is 0 Å². The molecule has 0 bridgehead atoms. The minimum absolute atomic E-state index is 0.682. The highest BCUT2D eigenvalue weighted by Gasteiger charge is 2.19. The number of imidazole rings is 1. The fraction of sp³-hybridized carbons (Fsp3) is 0.769. The monoisotopic (exact) mass is 221 g/mol. The zero-order valence-electron chi connectivity index (χ0n) is 10.4. The van der Waals surface area contributed by atoms with Crippen LogP contribution in [0.25, 0.3) is 0 Å². The van der Waals surface area contributed by atoms with E-state index < -0.39 is 0 Å². The summed E-state index contributed by atoms with van der Waals surface area (Å²) in [4.78, 5) is 4.42. The molecular weight excluding hydrogens is 198 g/mol. The van der Waals surface area contributed by atoms with Crippen molar-refractivity contribution >= 4 is 5.95 Å². The zero-order valence-corrected chi connectivity index (χ0v) is 10.4. The van der Waals surface area contributed by atoms with Gasteiger partial charge in [-0.1, -0.05) is 33.1 Å². The van der Waals surface area contributed by atoms with Gasteiger partial charge >= 0.3 is 0 Å². The number of hydrogen-bond acceptors (Lipinski definition) is 2. The molecule has 3 heteroatoms. The maximum atomic E-state index is 4.42. The summed E-state index contributed by atoms with van der Waals surface area (Å²) in [5, 5.41) is 3.47. The summed E-state index contributed by atoms with van der Waals surface area (Å²) in [5.74, 6) is 1.78. The summed E-state index contributed by atoms with van der Waals surface area (Å²) >= 11 is 0. The number of hydrogen-bond donors (Lipinski definition) is 1. The van der Waals surface area contributed by atoms with Crippen molar-refractivity contribution < 1.29 is 0 Å². The summed E-state index contributed by atoms with van der Waals surface area (Å²) in [6.45, 7) is 5.53. The van der Waals surface area contributed by atoms with Crippen LogP contribution in [0.4, 0.5) is 5.95 Å². The average Bonchev–Trinajstić information content (AvgIpc) is 2.95. The quantitative estimate of drug-likeness (QED) is 0.825. The van der Waals surface area contributed by atoms with E-state index >= 15 is 0 Å². The van der Waals surface area contributed by atoms with Crippen molar-refractivity contribution in [2.75, 3.05) is 11.9 Å². The maximum Gasteiger partial charge on any atom is 0.203 e. The van der Waals surface area contributed by atoms with Gasteiger partial charge in [0.25, 0.3) is 0 Å². The molecule has 1 saturated carbocycles. The second kappa shape index (κ2) is 5.37. The number of rotatable bonds is 5. The van der Waals surface area contributed by atoms with Crippen molar-refractivity contribution in [2.24, 2.45) is 5.92 Å². The SMILES string of the molecule is CCC(C)CNc1nccn1C1CCCC1. The van der Waals surface area contributed by atoms with Gasteiger partial charge in [-0.25, -0.2) is 4.98 Å². The van der Waals surface area contributed by atoms with Gasteiger partial charge in [0.15, 0.2) is 0 Å². The van der Waals surface area contributed by atoms with Crippen LogP contribution in [0.2, 0.25) is 0 Å². The lowest BCUT2D eigenvalue weighted by molar-refractivity contribution is 0.517. The molecule has 1 fully saturated rings. The molecule has 1 heterocycles. The highest BCUT2D eigenvalue weighted by molar-refractivity contribution is 5.26. The minimum Gasteiger partial charge on any atom is -0.355 e. The Morgan fingerprint density at radius 2 is 2.25 bits per heavy atom. The molecule has 1 aromatic rings. The number of nitrogens with one attached hydrogen (secondary N) is 1. The van der Waals surface area contributed by atoms with Gasteiger partial charge in [0.1, 0.15) is 0 Å². The molecule has 0 radical (unpaired) electrons. The first-order chi connectivity index (χ1) is 7.81. The first-order valence-corrected chi connectivity index (χ1v) is 6.58. The van der Waals surface area contributed by atoms with Crippen molar-refractivity contribution in [3.63, 3.8) is 0 Å². The standard InChI is InChI=1S/C13H23N3/c1-3-11(2)10-15-13-14-8-9-16(13)12-6-4-5-7-12/h8-9,11-12H,3-7,10H2,1-2H3,(H,14,15). The fourth-order valence-corrected chi connectivity index (χ4v) is 2.34. The average molecular weight is 221 g/mol. The lowest BCUT2D eigenvalue weighted by Crippen LogP contribution is -2.15. The van der Waals surface area contributed by atoms with Crippen molar-refractivity contribution in [1.82, 2.24) is 9.55 Å². The summed E-state index contributed by atoms with van der Waals surface area (Å²) in [7, 11) is 0. The minimum atomic E-state index is 0.682. The van der Waals surface area contributed by atoms with Crippen LogP contribution in [0.5, 0.6) is 0 Å². The van der Waals surface area contributed by atoms with Crippen molar-refractivity contribution in [3.05, 3.63) is 12.4 Å².